The molecule has 8 heavy (non-hydrogen) atoms. The molecule has 0 aliphatic rings. The minimum absolute atomic E-state index is 1.29. The van der Waals surface area contributed by atoms with E-state index in [-0.39, 0.29) is 0 Å². The number of rotatable bonds is 5. The van der Waals surface area contributed by atoms with Gasteiger partial charge in [0, 0.05) is 0 Å². The highest BCUT2D eigenvalue weighted by atomic mass is 32.2. The standard InChI is InChI=1S/C7H15S/c1-3-4-5-6-7-8-2/h3H,4-7H2,1-2H3. The molecule has 0 bridgehead atoms. The average molecular weight is 131 g/mol. The molecule has 0 saturated heterocycles. The molecule has 0 aliphatic heterocycles. The maximum absolute atomic E-state index is 2.24. The number of unbranched alkanes of at least 4 members (excludes halogenated alkanes) is 3. The van der Waals surface area contributed by atoms with Crippen LogP contribution in [0.2, 0.25) is 0 Å². The summed E-state index contributed by atoms with van der Waals surface area (Å²) >= 11 is 1.94. The van der Waals surface area contributed by atoms with Crippen molar-refractivity contribution >= 4 is 11.8 Å². The van der Waals surface area contributed by atoms with Crippen LogP contribution in [0.4, 0.5) is 0 Å². The van der Waals surface area contributed by atoms with Gasteiger partial charge in [0.15, 0.2) is 0 Å². The summed E-state index contributed by atoms with van der Waals surface area (Å²) in [5.41, 5.74) is 0. The molecule has 1 radical (unpaired) electrons. The second-order valence-electron chi connectivity index (χ2n) is 1.90. The molecular weight excluding hydrogens is 116 g/mol. The normalized spacial score (nSPS) is 9.75. The summed E-state index contributed by atoms with van der Waals surface area (Å²) in [6.07, 6.45) is 8.44. The molecule has 49 valence electrons. The van der Waals surface area contributed by atoms with Crippen molar-refractivity contribution in [3.8, 4) is 0 Å². The molecule has 0 saturated carbocycles. The topological polar surface area (TPSA) is 0 Å². The van der Waals surface area contributed by atoms with E-state index in [0.717, 1.165) is 0 Å². The van der Waals surface area contributed by atoms with Crippen LogP contribution in [0, 0.1) is 6.42 Å². The lowest BCUT2D eigenvalue weighted by Crippen LogP contribution is -1.78. The lowest BCUT2D eigenvalue weighted by Gasteiger charge is -1.93. The van der Waals surface area contributed by atoms with E-state index in [1.165, 1.54) is 25.0 Å². The summed E-state index contributed by atoms with van der Waals surface area (Å²) in [6.45, 7) is 2.12. The highest BCUT2D eigenvalue weighted by molar-refractivity contribution is 7.98. The largest absolute Gasteiger partial charge is 0.165 e. The van der Waals surface area contributed by atoms with Crippen LogP contribution in [0.15, 0.2) is 0 Å². The van der Waals surface area contributed by atoms with Gasteiger partial charge in [-0.1, -0.05) is 19.8 Å². The Morgan fingerprint density at radius 3 is 2.62 bits per heavy atom. The van der Waals surface area contributed by atoms with E-state index in [2.05, 4.69) is 19.6 Å². The maximum atomic E-state index is 2.24. The zero-order chi connectivity index (χ0) is 6.24. The summed E-state index contributed by atoms with van der Waals surface area (Å²) in [4.78, 5) is 0. The molecular formula is C7H15S. The Bertz CT molecular complexity index is 29.4. The van der Waals surface area contributed by atoms with Gasteiger partial charge >= 0.3 is 0 Å². The molecule has 0 aliphatic carbocycles. The summed E-state index contributed by atoms with van der Waals surface area (Å²) in [6, 6.07) is 0. The van der Waals surface area contributed by atoms with Gasteiger partial charge < -0.3 is 0 Å². The molecule has 0 nitrogen and oxygen atoms in total. The zero-order valence-electron chi connectivity index (χ0n) is 5.81. The van der Waals surface area contributed by atoms with Gasteiger partial charge in [-0.25, -0.2) is 0 Å². The van der Waals surface area contributed by atoms with E-state index in [4.69, 9.17) is 0 Å². The molecule has 0 heterocycles. The van der Waals surface area contributed by atoms with Gasteiger partial charge in [0.1, 0.15) is 0 Å². The molecule has 0 spiro atoms. The molecule has 0 rings (SSSR count). The monoisotopic (exact) mass is 131 g/mol. The fourth-order valence-electron chi connectivity index (χ4n) is 0.595. The van der Waals surface area contributed by atoms with Crippen LogP contribution in [0.3, 0.4) is 0 Å². The molecule has 0 aromatic heterocycles. The number of hydrogen-bond acceptors (Lipinski definition) is 1. The van der Waals surface area contributed by atoms with Crippen LogP contribution in [0.5, 0.6) is 0 Å². The Morgan fingerprint density at radius 1 is 1.38 bits per heavy atom. The van der Waals surface area contributed by atoms with Crippen LogP contribution < -0.4 is 0 Å². The van der Waals surface area contributed by atoms with E-state index in [9.17, 15) is 0 Å². The van der Waals surface area contributed by atoms with E-state index in [0.29, 0.717) is 0 Å². The fraction of sp³-hybridized carbons (Fsp3) is 0.857. The first kappa shape index (κ1) is 8.35. The van der Waals surface area contributed by atoms with Gasteiger partial charge in [0.2, 0.25) is 0 Å². The minimum atomic E-state index is 1.29. The van der Waals surface area contributed by atoms with Crippen LogP contribution in [-0.2, 0) is 0 Å². The first-order valence-electron chi connectivity index (χ1n) is 3.18. The molecule has 0 fully saturated rings. The van der Waals surface area contributed by atoms with Crippen LogP contribution in [-0.4, -0.2) is 12.0 Å². The van der Waals surface area contributed by atoms with E-state index in [1.54, 1.807) is 0 Å². The van der Waals surface area contributed by atoms with Crippen LogP contribution in [0.25, 0.3) is 0 Å². The molecule has 0 atom stereocenters. The predicted molar refractivity (Wildman–Crippen MR) is 42.2 cm³/mol. The molecule has 0 N–H and O–H groups in total. The third-order valence-electron chi connectivity index (χ3n) is 1.09. The third-order valence-corrected chi connectivity index (χ3v) is 1.79. The van der Waals surface area contributed by atoms with Gasteiger partial charge in [-0.15, -0.1) is 0 Å². The first-order valence-corrected chi connectivity index (χ1v) is 4.58. The lowest BCUT2D eigenvalue weighted by molar-refractivity contribution is 0.791. The summed E-state index contributed by atoms with van der Waals surface area (Å²) in [7, 11) is 0. The van der Waals surface area contributed by atoms with Crippen molar-refractivity contribution in [2.75, 3.05) is 12.0 Å². The van der Waals surface area contributed by atoms with E-state index < -0.39 is 0 Å². The highest BCUT2D eigenvalue weighted by Crippen LogP contribution is 2.02. The van der Waals surface area contributed by atoms with E-state index >= 15 is 0 Å². The Kier molecular flexibility index (Phi) is 7.67. The zero-order valence-corrected chi connectivity index (χ0v) is 6.63. The summed E-state index contributed by atoms with van der Waals surface area (Å²) in [5, 5.41) is 0. The van der Waals surface area contributed by atoms with Crippen LogP contribution >= 0.6 is 11.8 Å². The Balaban J connectivity index is 2.53. The number of hydrogen-bond donors (Lipinski definition) is 0. The van der Waals surface area contributed by atoms with Crippen molar-refractivity contribution in [3.05, 3.63) is 6.42 Å². The van der Waals surface area contributed by atoms with E-state index in [1.807, 2.05) is 11.8 Å². The molecule has 0 aromatic rings. The van der Waals surface area contributed by atoms with Gasteiger partial charge in [-0.05, 0) is 24.9 Å². The van der Waals surface area contributed by atoms with Gasteiger partial charge in [0.25, 0.3) is 0 Å². The summed E-state index contributed by atoms with van der Waals surface area (Å²) < 4.78 is 0. The van der Waals surface area contributed by atoms with Crippen LogP contribution in [0.1, 0.15) is 26.2 Å². The van der Waals surface area contributed by atoms with Crippen molar-refractivity contribution in [2.45, 2.75) is 26.2 Å². The second-order valence-corrected chi connectivity index (χ2v) is 2.88. The van der Waals surface area contributed by atoms with Crippen molar-refractivity contribution in [2.24, 2.45) is 0 Å². The van der Waals surface area contributed by atoms with Crippen molar-refractivity contribution in [1.29, 1.82) is 0 Å². The highest BCUT2D eigenvalue weighted by Gasteiger charge is 1.83. The van der Waals surface area contributed by atoms with Gasteiger partial charge in [-0.2, -0.15) is 11.8 Å². The Labute approximate surface area is 57.1 Å². The van der Waals surface area contributed by atoms with Crippen molar-refractivity contribution in [1.82, 2.24) is 0 Å². The van der Waals surface area contributed by atoms with Crippen molar-refractivity contribution < 1.29 is 0 Å². The Hall–Kier alpha value is 0.350. The molecule has 0 unspecified atom stereocenters. The predicted octanol–water partition coefficient (Wildman–Crippen LogP) is 2.74. The molecule has 1 heteroatoms. The van der Waals surface area contributed by atoms with Gasteiger partial charge in [0.05, 0.1) is 0 Å². The fourth-order valence-corrected chi connectivity index (χ4v) is 1.09. The minimum Gasteiger partial charge on any atom is -0.165 e. The maximum Gasteiger partial charge on any atom is -0.00703 e. The quantitative estimate of drug-likeness (QED) is 0.517. The molecule has 0 amide bonds. The first-order chi connectivity index (χ1) is 3.91. The number of thioether (sulfide) groups is 1. The molecule has 0 aromatic carbocycles. The lowest BCUT2D eigenvalue weighted by atomic mass is 10.2. The Morgan fingerprint density at radius 2 is 2.12 bits per heavy atom. The third kappa shape index (κ3) is 6.35. The summed E-state index contributed by atoms with van der Waals surface area (Å²) in [5.74, 6) is 1.33. The van der Waals surface area contributed by atoms with Gasteiger partial charge in [-0.3, -0.25) is 0 Å². The van der Waals surface area contributed by atoms with Crippen molar-refractivity contribution in [3.63, 3.8) is 0 Å². The average Bonchev–Trinajstić information content (AvgIpc) is 1.81. The smallest absolute Gasteiger partial charge is 0.00703 e. The second kappa shape index (κ2) is 7.35. The SMILES string of the molecule is C[CH]CCCCSC.